The van der Waals surface area contributed by atoms with Gasteiger partial charge < -0.3 is 0 Å². The standard InChI is InChI=1S/C10H16N2O2/c1-3-5-9(13)11-10(14)12-7-4-6-8(12)2/h6H,3-5,7H2,1-2H3,(H,11,13,14). The van der Waals surface area contributed by atoms with Crippen LogP contribution >= 0.6 is 0 Å². The Labute approximate surface area is 84.0 Å². The fourth-order valence-corrected chi connectivity index (χ4v) is 1.43. The van der Waals surface area contributed by atoms with Crippen LogP contribution in [0.25, 0.3) is 0 Å². The highest BCUT2D eigenvalue weighted by Gasteiger charge is 2.19. The first kappa shape index (κ1) is 10.8. The maximum absolute atomic E-state index is 11.5. The molecule has 0 saturated heterocycles. The highest BCUT2D eigenvalue weighted by Crippen LogP contribution is 2.13. The topological polar surface area (TPSA) is 49.4 Å². The molecule has 1 aliphatic heterocycles. The smallest absolute Gasteiger partial charge is 0.298 e. The van der Waals surface area contributed by atoms with Crippen molar-refractivity contribution in [1.29, 1.82) is 0 Å². The monoisotopic (exact) mass is 196 g/mol. The predicted octanol–water partition coefficient (Wildman–Crippen LogP) is 1.63. The van der Waals surface area contributed by atoms with Crippen molar-refractivity contribution in [1.82, 2.24) is 10.2 Å². The number of hydrogen-bond acceptors (Lipinski definition) is 2. The van der Waals surface area contributed by atoms with Gasteiger partial charge in [0, 0.05) is 18.7 Å². The third-order valence-corrected chi connectivity index (χ3v) is 2.19. The molecule has 78 valence electrons. The number of imide groups is 1. The quantitative estimate of drug-likeness (QED) is 0.729. The van der Waals surface area contributed by atoms with Gasteiger partial charge in [0.15, 0.2) is 0 Å². The van der Waals surface area contributed by atoms with E-state index in [0.717, 1.165) is 18.5 Å². The molecule has 0 aromatic heterocycles. The zero-order chi connectivity index (χ0) is 10.6. The molecule has 0 unspecified atom stereocenters. The molecule has 0 spiro atoms. The van der Waals surface area contributed by atoms with Gasteiger partial charge in [-0.2, -0.15) is 0 Å². The van der Waals surface area contributed by atoms with E-state index in [4.69, 9.17) is 0 Å². The molecule has 1 N–H and O–H groups in total. The summed E-state index contributed by atoms with van der Waals surface area (Å²) in [6.45, 7) is 4.46. The zero-order valence-corrected chi connectivity index (χ0v) is 8.67. The number of rotatable bonds is 2. The molecule has 1 rings (SSSR count). The molecule has 0 bridgehead atoms. The van der Waals surface area contributed by atoms with E-state index in [0.29, 0.717) is 13.0 Å². The van der Waals surface area contributed by atoms with Crippen LogP contribution in [-0.4, -0.2) is 23.4 Å². The van der Waals surface area contributed by atoms with Gasteiger partial charge >= 0.3 is 6.03 Å². The summed E-state index contributed by atoms with van der Waals surface area (Å²) in [5.74, 6) is -0.197. The maximum Gasteiger partial charge on any atom is 0.328 e. The van der Waals surface area contributed by atoms with Crippen LogP contribution in [0.1, 0.15) is 33.1 Å². The van der Waals surface area contributed by atoms with Crippen LogP contribution in [0.2, 0.25) is 0 Å². The van der Waals surface area contributed by atoms with Crippen molar-refractivity contribution in [3.05, 3.63) is 11.8 Å². The number of carbonyl (C=O) groups is 2. The SMILES string of the molecule is CCCC(=O)NC(=O)N1CCC=C1C. The number of allylic oxidation sites excluding steroid dienone is 1. The second-order valence-electron chi connectivity index (χ2n) is 3.39. The van der Waals surface area contributed by atoms with Crippen LogP contribution in [0.15, 0.2) is 11.8 Å². The molecule has 0 aromatic carbocycles. The summed E-state index contributed by atoms with van der Waals surface area (Å²) in [4.78, 5) is 24.2. The lowest BCUT2D eigenvalue weighted by atomic mass is 10.3. The van der Waals surface area contributed by atoms with Gasteiger partial charge in [-0.1, -0.05) is 13.0 Å². The van der Waals surface area contributed by atoms with Crippen molar-refractivity contribution in [2.75, 3.05) is 6.54 Å². The minimum Gasteiger partial charge on any atom is -0.298 e. The Balaban J connectivity index is 2.42. The Morgan fingerprint density at radius 1 is 1.57 bits per heavy atom. The molecule has 0 radical (unpaired) electrons. The average molecular weight is 196 g/mol. The van der Waals surface area contributed by atoms with Crippen LogP contribution in [0.5, 0.6) is 0 Å². The minimum atomic E-state index is -0.297. The lowest BCUT2D eigenvalue weighted by Gasteiger charge is -2.17. The molecule has 0 aromatic rings. The van der Waals surface area contributed by atoms with E-state index in [1.165, 1.54) is 0 Å². The molecule has 0 fully saturated rings. The summed E-state index contributed by atoms with van der Waals surface area (Å²) >= 11 is 0. The highest BCUT2D eigenvalue weighted by molar-refractivity contribution is 5.95. The van der Waals surface area contributed by atoms with Crippen LogP contribution in [-0.2, 0) is 4.79 Å². The van der Waals surface area contributed by atoms with Crippen molar-refractivity contribution < 1.29 is 9.59 Å². The number of nitrogens with zero attached hydrogens (tertiary/aromatic N) is 1. The van der Waals surface area contributed by atoms with Gasteiger partial charge in [-0.05, 0) is 19.8 Å². The normalized spacial score (nSPS) is 15.3. The van der Waals surface area contributed by atoms with Gasteiger partial charge in [-0.25, -0.2) is 4.79 Å². The summed E-state index contributed by atoms with van der Waals surface area (Å²) in [5, 5.41) is 2.36. The summed E-state index contributed by atoms with van der Waals surface area (Å²) in [6.07, 6.45) is 4.03. The van der Waals surface area contributed by atoms with E-state index in [1.54, 1.807) is 4.90 Å². The molecule has 4 nitrogen and oxygen atoms in total. The van der Waals surface area contributed by atoms with Crippen molar-refractivity contribution in [3.8, 4) is 0 Å². The predicted molar refractivity (Wildman–Crippen MR) is 53.5 cm³/mol. The van der Waals surface area contributed by atoms with Gasteiger partial charge in [-0.3, -0.25) is 15.0 Å². The average Bonchev–Trinajstić information content (AvgIpc) is 2.51. The molecule has 4 heteroatoms. The van der Waals surface area contributed by atoms with E-state index in [1.807, 2.05) is 19.9 Å². The first-order valence-electron chi connectivity index (χ1n) is 4.93. The van der Waals surface area contributed by atoms with Gasteiger partial charge in [0.25, 0.3) is 0 Å². The first-order chi connectivity index (χ1) is 6.65. The number of amides is 3. The van der Waals surface area contributed by atoms with Crippen molar-refractivity contribution in [2.24, 2.45) is 0 Å². The van der Waals surface area contributed by atoms with Crippen LogP contribution in [0, 0.1) is 0 Å². The fraction of sp³-hybridized carbons (Fsp3) is 0.600. The second kappa shape index (κ2) is 4.79. The Kier molecular flexibility index (Phi) is 3.68. The molecule has 3 amide bonds. The highest BCUT2D eigenvalue weighted by atomic mass is 16.2. The second-order valence-corrected chi connectivity index (χ2v) is 3.39. The summed E-state index contributed by atoms with van der Waals surface area (Å²) < 4.78 is 0. The zero-order valence-electron chi connectivity index (χ0n) is 8.67. The third-order valence-electron chi connectivity index (χ3n) is 2.19. The molecule has 1 aliphatic rings. The molecule has 0 atom stereocenters. The Morgan fingerprint density at radius 3 is 2.79 bits per heavy atom. The minimum absolute atomic E-state index is 0.197. The summed E-state index contributed by atoms with van der Waals surface area (Å²) in [5.41, 5.74) is 0.923. The van der Waals surface area contributed by atoms with Crippen LogP contribution in [0.4, 0.5) is 4.79 Å². The van der Waals surface area contributed by atoms with Gasteiger partial charge in [0.2, 0.25) is 5.91 Å². The number of hydrogen-bond donors (Lipinski definition) is 1. The third kappa shape index (κ3) is 2.58. The molecular weight excluding hydrogens is 180 g/mol. The summed E-state index contributed by atoms with van der Waals surface area (Å²) in [7, 11) is 0. The lowest BCUT2D eigenvalue weighted by molar-refractivity contribution is -0.120. The number of carbonyl (C=O) groups excluding carboxylic acids is 2. The van der Waals surface area contributed by atoms with Gasteiger partial charge in [-0.15, -0.1) is 0 Å². The molecule has 14 heavy (non-hydrogen) atoms. The van der Waals surface area contributed by atoms with E-state index in [2.05, 4.69) is 5.32 Å². The Morgan fingerprint density at radius 2 is 2.29 bits per heavy atom. The van der Waals surface area contributed by atoms with E-state index >= 15 is 0 Å². The largest absolute Gasteiger partial charge is 0.328 e. The lowest BCUT2D eigenvalue weighted by Crippen LogP contribution is -2.40. The molecule has 0 saturated carbocycles. The van der Waals surface area contributed by atoms with Crippen molar-refractivity contribution in [3.63, 3.8) is 0 Å². The fourth-order valence-electron chi connectivity index (χ4n) is 1.43. The van der Waals surface area contributed by atoms with E-state index in [-0.39, 0.29) is 11.9 Å². The molecule has 1 heterocycles. The van der Waals surface area contributed by atoms with E-state index < -0.39 is 0 Å². The van der Waals surface area contributed by atoms with Crippen molar-refractivity contribution >= 4 is 11.9 Å². The molecular formula is C10H16N2O2. The Bertz CT molecular complexity index is 271. The first-order valence-corrected chi connectivity index (χ1v) is 4.93. The number of nitrogens with one attached hydrogen (secondary N) is 1. The van der Waals surface area contributed by atoms with Crippen LogP contribution in [0.3, 0.4) is 0 Å². The molecule has 0 aliphatic carbocycles. The van der Waals surface area contributed by atoms with Gasteiger partial charge in [0.05, 0.1) is 0 Å². The van der Waals surface area contributed by atoms with E-state index in [9.17, 15) is 9.59 Å². The number of urea groups is 1. The summed E-state index contributed by atoms with van der Waals surface area (Å²) in [6, 6.07) is -0.297. The Hall–Kier alpha value is -1.32. The van der Waals surface area contributed by atoms with Crippen molar-refractivity contribution in [2.45, 2.75) is 33.1 Å². The van der Waals surface area contributed by atoms with Gasteiger partial charge in [0.1, 0.15) is 0 Å². The maximum atomic E-state index is 11.5. The van der Waals surface area contributed by atoms with Crippen LogP contribution < -0.4 is 5.32 Å².